The number of carbonyl (C=O) groups is 1. The van der Waals surface area contributed by atoms with E-state index in [0.717, 1.165) is 19.4 Å². The summed E-state index contributed by atoms with van der Waals surface area (Å²) in [6.07, 6.45) is 2.52. The molecule has 0 aromatic carbocycles. The van der Waals surface area contributed by atoms with E-state index in [9.17, 15) is 4.79 Å². The highest BCUT2D eigenvalue weighted by Crippen LogP contribution is 2.15. The molecule has 0 saturated carbocycles. The van der Waals surface area contributed by atoms with Gasteiger partial charge in [0.2, 0.25) is 5.91 Å². The second-order valence-electron chi connectivity index (χ2n) is 3.25. The molecule has 0 radical (unpaired) electrons. The van der Waals surface area contributed by atoms with Crippen molar-refractivity contribution in [3.05, 3.63) is 0 Å². The Bertz CT molecular complexity index is 221. The minimum Gasteiger partial charge on any atom is -0.359 e. The summed E-state index contributed by atoms with van der Waals surface area (Å²) in [5.41, 5.74) is 0. The molecule has 1 heterocycles. The van der Waals surface area contributed by atoms with Crippen LogP contribution in [0.5, 0.6) is 0 Å². The molecule has 1 rings (SSSR count). The number of nitrogens with one attached hydrogen (secondary N) is 1. The predicted molar refractivity (Wildman–Crippen MR) is 48.9 cm³/mol. The predicted octanol–water partition coefficient (Wildman–Crippen LogP) is 0.110. The molecule has 13 heavy (non-hydrogen) atoms. The number of amides is 1. The zero-order chi connectivity index (χ0) is 9.68. The molecule has 0 bridgehead atoms. The maximum Gasteiger partial charge on any atom is 0.221 e. The van der Waals surface area contributed by atoms with Crippen LogP contribution in [0.2, 0.25) is 0 Å². The van der Waals surface area contributed by atoms with E-state index >= 15 is 0 Å². The molecule has 4 nitrogen and oxygen atoms in total. The molecule has 1 N–H and O–H groups in total. The fourth-order valence-electron chi connectivity index (χ4n) is 1.61. The van der Waals surface area contributed by atoms with Gasteiger partial charge in [0, 0.05) is 20.0 Å². The molecule has 1 amide bonds. The SMILES string of the molecule is CNC(=O)CCN1CCCC1C#N. The minimum absolute atomic E-state index is 0.0321. The van der Waals surface area contributed by atoms with Gasteiger partial charge in [-0.05, 0) is 19.4 Å². The summed E-state index contributed by atoms with van der Waals surface area (Å²) in [6.45, 7) is 1.66. The monoisotopic (exact) mass is 181 g/mol. The smallest absolute Gasteiger partial charge is 0.221 e. The number of nitrogens with zero attached hydrogens (tertiary/aromatic N) is 2. The van der Waals surface area contributed by atoms with Crippen molar-refractivity contribution in [2.45, 2.75) is 25.3 Å². The van der Waals surface area contributed by atoms with E-state index in [4.69, 9.17) is 5.26 Å². The van der Waals surface area contributed by atoms with E-state index in [1.54, 1.807) is 7.05 Å². The molecule has 72 valence electrons. The van der Waals surface area contributed by atoms with Crippen LogP contribution >= 0.6 is 0 Å². The van der Waals surface area contributed by atoms with Gasteiger partial charge in [-0.15, -0.1) is 0 Å². The third-order valence-corrected chi connectivity index (χ3v) is 2.42. The summed E-state index contributed by atoms with van der Waals surface area (Å²) in [5, 5.41) is 11.3. The average molecular weight is 181 g/mol. The normalized spacial score (nSPS) is 22.6. The fraction of sp³-hybridized carbons (Fsp3) is 0.778. The van der Waals surface area contributed by atoms with Crippen molar-refractivity contribution in [2.24, 2.45) is 0 Å². The molecule has 1 aliphatic heterocycles. The van der Waals surface area contributed by atoms with Crippen molar-refractivity contribution < 1.29 is 4.79 Å². The van der Waals surface area contributed by atoms with E-state index in [1.165, 1.54) is 0 Å². The first-order valence-corrected chi connectivity index (χ1v) is 4.62. The first-order valence-electron chi connectivity index (χ1n) is 4.62. The van der Waals surface area contributed by atoms with Gasteiger partial charge in [-0.25, -0.2) is 0 Å². The molecule has 1 fully saturated rings. The van der Waals surface area contributed by atoms with E-state index in [2.05, 4.69) is 16.3 Å². The van der Waals surface area contributed by atoms with E-state index in [-0.39, 0.29) is 11.9 Å². The Kier molecular flexibility index (Phi) is 3.71. The largest absolute Gasteiger partial charge is 0.359 e. The Labute approximate surface area is 78.5 Å². The summed E-state index contributed by atoms with van der Waals surface area (Å²) >= 11 is 0. The Balaban J connectivity index is 2.29. The lowest BCUT2D eigenvalue weighted by Crippen LogP contribution is -2.32. The van der Waals surface area contributed by atoms with Gasteiger partial charge in [0.1, 0.15) is 0 Å². The summed E-state index contributed by atoms with van der Waals surface area (Å²) in [4.78, 5) is 13.0. The molecule has 1 saturated heterocycles. The molecule has 1 unspecified atom stereocenters. The average Bonchev–Trinajstić information content (AvgIpc) is 2.61. The van der Waals surface area contributed by atoms with Crippen LogP contribution in [-0.4, -0.2) is 37.0 Å². The van der Waals surface area contributed by atoms with E-state index in [1.807, 2.05) is 0 Å². The zero-order valence-corrected chi connectivity index (χ0v) is 7.92. The Hall–Kier alpha value is -1.08. The topological polar surface area (TPSA) is 56.1 Å². The van der Waals surface area contributed by atoms with Gasteiger partial charge >= 0.3 is 0 Å². The number of hydrogen-bond acceptors (Lipinski definition) is 3. The van der Waals surface area contributed by atoms with Gasteiger partial charge in [-0.3, -0.25) is 9.69 Å². The van der Waals surface area contributed by atoms with Crippen LogP contribution in [0.1, 0.15) is 19.3 Å². The number of likely N-dealkylation sites (tertiary alicyclic amines) is 1. The van der Waals surface area contributed by atoms with Gasteiger partial charge in [-0.2, -0.15) is 5.26 Å². The second kappa shape index (κ2) is 4.83. The minimum atomic E-state index is 0.0321. The fourth-order valence-corrected chi connectivity index (χ4v) is 1.61. The standard InChI is InChI=1S/C9H15N3O/c1-11-9(13)4-6-12-5-2-3-8(12)7-10/h8H,2-6H2,1H3,(H,11,13). The first-order chi connectivity index (χ1) is 6.27. The van der Waals surface area contributed by atoms with Crippen LogP contribution in [0.4, 0.5) is 0 Å². The number of rotatable bonds is 3. The highest BCUT2D eigenvalue weighted by atomic mass is 16.1. The third-order valence-electron chi connectivity index (χ3n) is 2.42. The zero-order valence-electron chi connectivity index (χ0n) is 7.92. The molecule has 0 aliphatic carbocycles. The van der Waals surface area contributed by atoms with Crippen LogP contribution < -0.4 is 5.32 Å². The molecule has 0 aromatic rings. The maximum absolute atomic E-state index is 10.9. The van der Waals surface area contributed by atoms with Crippen molar-refractivity contribution in [2.75, 3.05) is 20.1 Å². The van der Waals surface area contributed by atoms with E-state index in [0.29, 0.717) is 13.0 Å². The number of carbonyl (C=O) groups excluding carboxylic acids is 1. The Morgan fingerprint density at radius 2 is 2.54 bits per heavy atom. The van der Waals surface area contributed by atoms with Crippen LogP contribution in [0.25, 0.3) is 0 Å². The summed E-state index contributed by atoms with van der Waals surface area (Å²) in [7, 11) is 1.63. The summed E-state index contributed by atoms with van der Waals surface area (Å²) in [6, 6.07) is 2.28. The van der Waals surface area contributed by atoms with Crippen LogP contribution in [0.3, 0.4) is 0 Å². The molecular formula is C9H15N3O. The molecule has 0 spiro atoms. The van der Waals surface area contributed by atoms with Crippen molar-refractivity contribution >= 4 is 5.91 Å². The molecule has 1 aliphatic rings. The quantitative estimate of drug-likeness (QED) is 0.672. The number of hydrogen-bond donors (Lipinski definition) is 1. The Morgan fingerprint density at radius 1 is 1.77 bits per heavy atom. The van der Waals surface area contributed by atoms with Gasteiger partial charge in [0.25, 0.3) is 0 Å². The summed E-state index contributed by atoms with van der Waals surface area (Å²) < 4.78 is 0. The summed E-state index contributed by atoms with van der Waals surface area (Å²) in [5.74, 6) is 0.0450. The number of nitriles is 1. The van der Waals surface area contributed by atoms with Crippen molar-refractivity contribution in [3.8, 4) is 6.07 Å². The van der Waals surface area contributed by atoms with Gasteiger partial charge in [0.15, 0.2) is 0 Å². The highest BCUT2D eigenvalue weighted by Gasteiger charge is 2.23. The van der Waals surface area contributed by atoms with Crippen LogP contribution in [0.15, 0.2) is 0 Å². The van der Waals surface area contributed by atoms with Gasteiger partial charge in [-0.1, -0.05) is 0 Å². The van der Waals surface area contributed by atoms with Gasteiger partial charge in [0.05, 0.1) is 12.1 Å². The molecule has 4 heteroatoms. The molecular weight excluding hydrogens is 166 g/mol. The molecule has 0 aromatic heterocycles. The second-order valence-corrected chi connectivity index (χ2v) is 3.25. The van der Waals surface area contributed by atoms with Crippen molar-refractivity contribution in [1.82, 2.24) is 10.2 Å². The van der Waals surface area contributed by atoms with Gasteiger partial charge < -0.3 is 5.32 Å². The lowest BCUT2D eigenvalue weighted by Gasteiger charge is -2.17. The molecule has 1 atom stereocenters. The van der Waals surface area contributed by atoms with Crippen LogP contribution in [0, 0.1) is 11.3 Å². The first kappa shape index (κ1) is 10.0. The maximum atomic E-state index is 10.9. The third kappa shape index (κ3) is 2.71. The van der Waals surface area contributed by atoms with Crippen molar-refractivity contribution in [1.29, 1.82) is 5.26 Å². The lowest BCUT2D eigenvalue weighted by atomic mass is 10.2. The lowest BCUT2D eigenvalue weighted by molar-refractivity contribution is -0.120. The Morgan fingerprint density at radius 3 is 3.15 bits per heavy atom. The highest BCUT2D eigenvalue weighted by molar-refractivity contribution is 5.75. The van der Waals surface area contributed by atoms with Crippen molar-refractivity contribution in [3.63, 3.8) is 0 Å². The van der Waals surface area contributed by atoms with Crippen LogP contribution in [-0.2, 0) is 4.79 Å². The van der Waals surface area contributed by atoms with E-state index < -0.39 is 0 Å².